The summed E-state index contributed by atoms with van der Waals surface area (Å²) in [6, 6.07) is 26.7. The summed E-state index contributed by atoms with van der Waals surface area (Å²) in [6.07, 6.45) is 1.87. The van der Waals surface area contributed by atoms with Crippen LogP contribution >= 0.6 is 11.6 Å². The predicted octanol–water partition coefficient (Wildman–Crippen LogP) is 5.28. The molecule has 0 fully saturated rings. The highest BCUT2D eigenvalue weighted by molar-refractivity contribution is 6.32. The lowest BCUT2D eigenvalue weighted by atomic mass is 10.0. The first-order valence-electron chi connectivity index (χ1n) is 12.2. The Morgan fingerprint density at radius 2 is 1.66 bits per heavy atom. The summed E-state index contributed by atoms with van der Waals surface area (Å²) >= 11 is 6.22. The lowest BCUT2D eigenvalue weighted by Crippen LogP contribution is -2.51. The van der Waals surface area contributed by atoms with E-state index in [0.717, 1.165) is 11.1 Å². The number of para-hydroxylation sites is 1. The number of hydrogen-bond donors (Lipinski definition) is 1. The van der Waals surface area contributed by atoms with E-state index in [0.29, 0.717) is 28.7 Å². The van der Waals surface area contributed by atoms with Crippen LogP contribution < -0.4 is 14.8 Å². The first-order valence-corrected chi connectivity index (χ1v) is 12.5. The fraction of sp³-hybridized carbons (Fsp3) is 0.200. The third-order valence-corrected chi connectivity index (χ3v) is 6.30. The maximum absolute atomic E-state index is 13.7. The van der Waals surface area contributed by atoms with Gasteiger partial charge in [0, 0.05) is 13.0 Å². The van der Waals surface area contributed by atoms with Crippen LogP contribution in [-0.4, -0.2) is 36.5 Å². The summed E-state index contributed by atoms with van der Waals surface area (Å²) in [5.74, 6) is 1.06. The number of carbonyl (C=O) groups excluding carboxylic acids is 2. The third-order valence-electron chi connectivity index (χ3n) is 5.99. The molecule has 3 aromatic carbocycles. The van der Waals surface area contributed by atoms with Crippen molar-refractivity contribution in [3.63, 3.8) is 0 Å². The molecule has 0 spiro atoms. The summed E-state index contributed by atoms with van der Waals surface area (Å²) in [5.41, 5.74) is 1.76. The second-order valence-corrected chi connectivity index (χ2v) is 9.00. The lowest BCUT2D eigenvalue weighted by molar-refractivity contribution is -0.142. The highest BCUT2D eigenvalue weighted by atomic mass is 35.5. The zero-order chi connectivity index (χ0) is 26.7. The van der Waals surface area contributed by atoms with Gasteiger partial charge in [-0.15, -0.1) is 0 Å². The Morgan fingerprint density at radius 1 is 0.921 bits per heavy atom. The van der Waals surface area contributed by atoms with E-state index in [4.69, 9.17) is 25.5 Å². The number of nitrogens with zero attached hydrogens (tertiary/aromatic N) is 1. The van der Waals surface area contributed by atoms with Crippen molar-refractivity contribution in [2.75, 3.05) is 13.7 Å². The zero-order valence-electron chi connectivity index (χ0n) is 21.0. The number of carbonyl (C=O) groups is 2. The van der Waals surface area contributed by atoms with E-state index >= 15 is 0 Å². The van der Waals surface area contributed by atoms with Gasteiger partial charge in [-0.25, -0.2) is 0 Å². The second kappa shape index (κ2) is 13.4. The first kappa shape index (κ1) is 26.8. The van der Waals surface area contributed by atoms with Gasteiger partial charge in [0.2, 0.25) is 5.91 Å². The van der Waals surface area contributed by atoms with Crippen LogP contribution in [0.2, 0.25) is 5.02 Å². The van der Waals surface area contributed by atoms with Crippen LogP contribution in [0.1, 0.15) is 16.9 Å². The second-order valence-electron chi connectivity index (χ2n) is 8.59. The van der Waals surface area contributed by atoms with Crippen LogP contribution in [-0.2, 0) is 29.1 Å². The predicted molar refractivity (Wildman–Crippen MR) is 145 cm³/mol. The standard InChI is InChI=1S/C30H29ClN2O5/c1-36-24-15-13-23(14-16-24)20-33(29(34)21-38-28-12-6-5-11-26(28)31)27(18-22-8-3-2-4-9-22)30(35)32-19-25-10-7-17-37-25/h2-17,27H,18-21H2,1H3,(H,32,35). The van der Waals surface area contributed by atoms with Crippen molar-refractivity contribution in [3.05, 3.63) is 119 Å². The smallest absolute Gasteiger partial charge is 0.261 e. The molecule has 38 heavy (non-hydrogen) atoms. The van der Waals surface area contributed by atoms with Crippen molar-refractivity contribution in [1.29, 1.82) is 0 Å². The van der Waals surface area contributed by atoms with Gasteiger partial charge in [-0.3, -0.25) is 9.59 Å². The lowest BCUT2D eigenvalue weighted by Gasteiger charge is -2.31. The molecule has 196 valence electrons. The van der Waals surface area contributed by atoms with Gasteiger partial charge in [0.25, 0.3) is 5.91 Å². The van der Waals surface area contributed by atoms with Crippen LogP contribution in [0.4, 0.5) is 0 Å². The molecular weight excluding hydrogens is 504 g/mol. The van der Waals surface area contributed by atoms with E-state index in [-0.39, 0.29) is 31.5 Å². The molecular formula is C30H29ClN2O5. The molecule has 1 heterocycles. The number of hydrogen-bond acceptors (Lipinski definition) is 5. The normalized spacial score (nSPS) is 11.4. The Morgan fingerprint density at radius 3 is 2.34 bits per heavy atom. The van der Waals surface area contributed by atoms with E-state index in [9.17, 15) is 9.59 Å². The van der Waals surface area contributed by atoms with Gasteiger partial charge in [0.15, 0.2) is 6.61 Å². The van der Waals surface area contributed by atoms with Gasteiger partial charge in [0.1, 0.15) is 23.3 Å². The van der Waals surface area contributed by atoms with Gasteiger partial charge in [-0.1, -0.05) is 66.2 Å². The van der Waals surface area contributed by atoms with Crippen LogP contribution in [0.15, 0.2) is 102 Å². The van der Waals surface area contributed by atoms with Crippen LogP contribution in [0, 0.1) is 0 Å². The molecule has 0 aliphatic carbocycles. The van der Waals surface area contributed by atoms with E-state index < -0.39 is 6.04 Å². The van der Waals surface area contributed by atoms with Crippen molar-refractivity contribution in [2.24, 2.45) is 0 Å². The third kappa shape index (κ3) is 7.40. The number of ether oxygens (including phenoxy) is 2. The summed E-state index contributed by atoms with van der Waals surface area (Å²) in [5, 5.41) is 3.32. The first-order chi connectivity index (χ1) is 18.5. The van der Waals surface area contributed by atoms with Gasteiger partial charge < -0.3 is 24.1 Å². The van der Waals surface area contributed by atoms with Crippen LogP contribution in [0.3, 0.4) is 0 Å². The number of benzene rings is 3. The molecule has 0 radical (unpaired) electrons. The minimum absolute atomic E-state index is 0.195. The molecule has 8 heteroatoms. The van der Waals surface area contributed by atoms with Gasteiger partial charge in [-0.05, 0) is 47.5 Å². The largest absolute Gasteiger partial charge is 0.497 e. The van der Waals surface area contributed by atoms with Crippen molar-refractivity contribution in [2.45, 2.75) is 25.6 Å². The summed E-state index contributed by atoms with van der Waals surface area (Å²) < 4.78 is 16.4. The quantitative estimate of drug-likeness (QED) is 0.268. The average molecular weight is 533 g/mol. The molecule has 2 amide bonds. The van der Waals surface area contributed by atoms with Crippen molar-refractivity contribution >= 4 is 23.4 Å². The van der Waals surface area contributed by atoms with E-state index in [1.54, 1.807) is 54.7 Å². The number of methoxy groups -OCH3 is 1. The minimum atomic E-state index is -0.809. The number of furan rings is 1. The van der Waals surface area contributed by atoms with Crippen LogP contribution in [0.5, 0.6) is 11.5 Å². The number of amides is 2. The Kier molecular flexibility index (Phi) is 9.43. The summed E-state index contributed by atoms with van der Waals surface area (Å²) in [7, 11) is 1.59. The van der Waals surface area contributed by atoms with Gasteiger partial charge in [-0.2, -0.15) is 0 Å². The van der Waals surface area contributed by atoms with Gasteiger partial charge >= 0.3 is 0 Å². The van der Waals surface area contributed by atoms with E-state index in [2.05, 4.69) is 5.32 Å². The maximum atomic E-state index is 13.7. The molecule has 7 nitrogen and oxygen atoms in total. The molecule has 1 atom stereocenters. The molecule has 1 unspecified atom stereocenters. The molecule has 0 saturated heterocycles. The Hall–Kier alpha value is -4.23. The van der Waals surface area contributed by atoms with Crippen molar-refractivity contribution in [3.8, 4) is 11.5 Å². The average Bonchev–Trinajstić information content (AvgIpc) is 3.48. The van der Waals surface area contributed by atoms with Gasteiger partial charge in [0.05, 0.1) is 24.9 Å². The molecule has 0 bridgehead atoms. The Labute approximate surface area is 226 Å². The Balaban J connectivity index is 1.61. The fourth-order valence-electron chi connectivity index (χ4n) is 3.97. The molecule has 0 aliphatic rings. The molecule has 0 aliphatic heterocycles. The molecule has 1 aromatic heterocycles. The fourth-order valence-corrected chi connectivity index (χ4v) is 4.16. The molecule has 4 aromatic rings. The maximum Gasteiger partial charge on any atom is 0.261 e. The summed E-state index contributed by atoms with van der Waals surface area (Å²) in [6.45, 7) is 0.120. The Bertz CT molecular complexity index is 1310. The topological polar surface area (TPSA) is 81.0 Å². The SMILES string of the molecule is COc1ccc(CN(C(=O)COc2ccccc2Cl)C(Cc2ccccc2)C(=O)NCc2ccco2)cc1. The zero-order valence-corrected chi connectivity index (χ0v) is 21.8. The monoisotopic (exact) mass is 532 g/mol. The molecule has 0 saturated carbocycles. The van der Waals surface area contributed by atoms with E-state index in [1.807, 2.05) is 54.6 Å². The number of halogens is 1. The number of rotatable bonds is 12. The minimum Gasteiger partial charge on any atom is -0.497 e. The highest BCUT2D eigenvalue weighted by Crippen LogP contribution is 2.24. The number of nitrogens with one attached hydrogen (secondary N) is 1. The summed E-state index contributed by atoms with van der Waals surface area (Å²) in [4.78, 5) is 28.8. The van der Waals surface area contributed by atoms with Crippen molar-refractivity contribution < 1.29 is 23.5 Å². The highest BCUT2D eigenvalue weighted by Gasteiger charge is 2.31. The molecule has 4 rings (SSSR count). The van der Waals surface area contributed by atoms with Crippen molar-refractivity contribution in [1.82, 2.24) is 10.2 Å². The van der Waals surface area contributed by atoms with E-state index in [1.165, 1.54) is 0 Å². The van der Waals surface area contributed by atoms with Crippen LogP contribution in [0.25, 0.3) is 0 Å². The molecule has 1 N–H and O–H groups in total.